The van der Waals surface area contributed by atoms with Crippen molar-refractivity contribution in [2.45, 2.75) is 6.54 Å². The third-order valence-corrected chi connectivity index (χ3v) is 2.52. The predicted octanol–water partition coefficient (Wildman–Crippen LogP) is 1.82. The highest BCUT2D eigenvalue weighted by Gasteiger charge is 2.12. The predicted molar refractivity (Wildman–Crippen MR) is 62.9 cm³/mol. The summed E-state index contributed by atoms with van der Waals surface area (Å²) in [4.78, 5) is 0. The molecule has 0 bridgehead atoms. The molecule has 0 aliphatic rings. The molecule has 1 aromatic heterocycles. The van der Waals surface area contributed by atoms with Gasteiger partial charge in [0, 0.05) is 17.7 Å². The maximum atomic E-state index is 5.60. The van der Waals surface area contributed by atoms with Crippen molar-refractivity contribution in [3.05, 3.63) is 30.0 Å². The Morgan fingerprint density at radius 3 is 2.65 bits per heavy atom. The van der Waals surface area contributed by atoms with Crippen LogP contribution < -0.4 is 15.2 Å². The Hall–Kier alpha value is -2.01. The van der Waals surface area contributed by atoms with Crippen molar-refractivity contribution in [3.8, 4) is 22.8 Å². The molecule has 2 aromatic rings. The maximum Gasteiger partial charge on any atom is 0.161 e. The van der Waals surface area contributed by atoms with Crippen molar-refractivity contribution in [1.29, 1.82) is 0 Å². The molecule has 0 aliphatic heterocycles. The fourth-order valence-corrected chi connectivity index (χ4v) is 1.62. The molecule has 17 heavy (non-hydrogen) atoms. The van der Waals surface area contributed by atoms with Crippen LogP contribution in [0, 0.1) is 0 Å². The molecule has 0 fully saturated rings. The van der Waals surface area contributed by atoms with Crippen LogP contribution in [0.4, 0.5) is 0 Å². The summed E-state index contributed by atoms with van der Waals surface area (Å²) >= 11 is 0. The Labute approximate surface area is 99.1 Å². The Bertz CT molecular complexity index is 508. The van der Waals surface area contributed by atoms with Crippen molar-refractivity contribution in [2.75, 3.05) is 14.2 Å². The van der Waals surface area contributed by atoms with Crippen LogP contribution in [0.2, 0.25) is 0 Å². The van der Waals surface area contributed by atoms with Crippen LogP contribution in [-0.4, -0.2) is 19.4 Å². The number of rotatable bonds is 4. The van der Waals surface area contributed by atoms with Gasteiger partial charge in [0.25, 0.3) is 0 Å². The van der Waals surface area contributed by atoms with E-state index in [0.717, 1.165) is 16.8 Å². The van der Waals surface area contributed by atoms with Crippen molar-refractivity contribution >= 4 is 0 Å². The lowest BCUT2D eigenvalue weighted by atomic mass is 10.1. The normalized spacial score (nSPS) is 10.3. The maximum absolute atomic E-state index is 5.60. The lowest BCUT2D eigenvalue weighted by molar-refractivity contribution is 0.355. The highest BCUT2D eigenvalue weighted by atomic mass is 16.5. The summed E-state index contributed by atoms with van der Waals surface area (Å²) in [5.41, 5.74) is 8.08. The number of aromatic nitrogens is 1. The Morgan fingerprint density at radius 2 is 2.00 bits per heavy atom. The van der Waals surface area contributed by atoms with Gasteiger partial charge < -0.3 is 19.7 Å². The lowest BCUT2D eigenvalue weighted by Crippen LogP contribution is -1.97. The molecule has 0 radical (unpaired) electrons. The first-order valence-electron chi connectivity index (χ1n) is 5.16. The van der Waals surface area contributed by atoms with E-state index in [1.165, 1.54) is 0 Å². The van der Waals surface area contributed by atoms with Crippen LogP contribution in [0.1, 0.15) is 5.56 Å². The Morgan fingerprint density at radius 1 is 1.24 bits per heavy atom. The van der Waals surface area contributed by atoms with Gasteiger partial charge in [0.05, 0.1) is 14.2 Å². The SMILES string of the molecule is COc1ccc(-c2nocc2CN)cc1OC. The van der Waals surface area contributed by atoms with Crippen LogP contribution in [0.15, 0.2) is 29.0 Å². The molecule has 0 unspecified atom stereocenters. The Balaban J connectivity index is 2.46. The molecule has 1 heterocycles. The summed E-state index contributed by atoms with van der Waals surface area (Å²) in [5, 5.41) is 3.94. The number of hydrogen-bond donors (Lipinski definition) is 1. The van der Waals surface area contributed by atoms with Gasteiger partial charge >= 0.3 is 0 Å². The molecule has 0 atom stereocenters. The second kappa shape index (κ2) is 4.88. The van der Waals surface area contributed by atoms with E-state index in [1.807, 2.05) is 18.2 Å². The van der Waals surface area contributed by atoms with Crippen LogP contribution in [0.3, 0.4) is 0 Å². The fraction of sp³-hybridized carbons (Fsp3) is 0.250. The molecule has 5 heteroatoms. The monoisotopic (exact) mass is 234 g/mol. The number of nitrogens with zero attached hydrogens (tertiary/aromatic N) is 1. The number of hydrogen-bond acceptors (Lipinski definition) is 5. The molecule has 0 saturated heterocycles. The molecule has 0 aliphatic carbocycles. The van der Waals surface area contributed by atoms with Gasteiger partial charge in [-0.05, 0) is 18.2 Å². The summed E-state index contributed by atoms with van der Waals surface area (Å²) < 4.78 is 15.3. The molecular formula is C12H14N2O3. The minimum atomic E-state index is 0.382. The van der Waals surface area contributed by atoms with Crippen molar-refractivity contribution < 1.29 is 14.0 Å². The molecule has 2 N–H and O–H groups in total. The van der Waals surface area contributed by atoms with Gasteiger partial charge in [0.2, 0.25) is 0 Å². The molecule has 5 nitrogen and oxygen atoms in total. The Kier molecular flexibility index (Phi) is 3.30. The van der Waals surface area contributed by atoms with E-state index in [4.69, 9.17) is 19.7 Å². The van der Waals surface area contributed by atoms with Crippen LogP contribution in [0.5, 0.6) is 11.5 Å². The molecule has 2 rings (SSSR count). The van der Waals surface area contributed by atoms with Gasteiger partial charge in [-0.3, -0.25) is 0 Å². The van der Waals surface area contributed by atoms with Crippen molar-refractivity contribution in [3.63, 3.8) is 0 Å². The van der Waals surface area contributed by atoms with Gasteiger partial charge in [-0.1, -0.05) is 5.16 Å². The van der Waals surface area contributed by atoms with Crippen molar-refractivity contribution in [1.82, 2.24) is 5.16 Å². The van der Waals surface area contributed by atoms with Crippen LogP contribution >= 0.6 is 0 Å². The van der Waals surface area contributed by atoms with E-state index >= 15 is 0 Å². The molecule has 0 spiro atoms. The molecular weight excluding hydrogens is 220 g/mol. The highest BCUT2D eigenvalue weighted by molar-refractivity contribution is 5.66. The molecule has 1 aromatic carbocycles. The zero-order valence-corrected chi connectivity index (χ0v) is 9.77. The third-order valence-electron chi connectivity index (χ3n) is 2.52. The minimum Gasteiger partial charge on any atom is -0.493 e. The van der Waals surface area contributed by atoms with E-state index in [0.29, 0.717) is 18.0 Å². The standard InChI is InChI=1S/C12H14N2O3/c1-15-10-4-3-8(5-11(10)16-2)12-9(6-13)7-17-14-12/h3-5,7H,6,13H2,1-2H3. The quantitative estimate of drug-likeness (QED) is 0.873. The number of methoxy groups -OCH3 is 2. The first-order valence-corrected chi connectivity index (χ1v) is 5.16. The number of nitrogens with two attached hydrogens (primary N) is 1. The largest absolute Gasteiger partial charge is 0.493 e. The number of benzene rings is 1. The fourth-order valence-electron chi connectivity index (χ4n) is 1.62. The van der Waals surface area contributed by atoms with Gasteiger partial charge in [-0.2, -0.15) is 0 Å². The topological polar surface area (TPSA) is 70.5 Å². The van der Waals surface area contributed by atoms with Gasteiger partial charge in [0.15, 0.2) is 11.5 Å². The minimum absolute atomic E-state index is 0.382. The van der Waals surface area contributed by atoms with E-state index in [2.05, 4.69) is 5.16 Å². The van der Waals surface area contributed by atoms with Gasteiger partial charge in [-0.25, -0.2) is 0 Å². The van der Waals surface area contributed by atoms with Gasteiger partial charge in [-0.15, -0.1) is 0 Å². The zero-order valence-electron chi connectivity index (χ0n) is 9.77. The van der Waals surface area contributed by atoms with E-state index in [-0.39, 0.29) is 0 Å². The molecule has 0 saturated carbocycles. The molecule has 90 valence electrons. The second-order valence-corrected chi connectivity index (χ2v) is 3.46. The van der Waals surface area contributed by atoms with Crippen LogP contribution in [-0.2, 0) is 6.54 Å². The summed E-state index contributed by atoms with van der Waals surface area (Å²) in [7, 11) is 3.19. The lowest BCUT2D eigenvalue weighted by Gasteiger charge is -2.08. The first-order chi connectivity index (χ1) is 8.30. The summed E-state index contributed by atoms with van der Waals surface area (Å²) in [5.74, 6) is 1.32. The molecule has 0 amide bonds. The second-order valence-electron chi connectivity index (χ2n) is 3.46. The zero-order chi connectivity index (χ0) is 12.3. The highest BCUT2D eigenvalue weighted by Crippen LogP contribution is 2.32. The summed E-state index contributed by atoms with van der Waals surface area (Å²) in [6, 6.07) is 5.55. The van der Waals surface area contributed by atoms with E-state index in [1.54, 1.807) is 20.5 Å². The summed E-state index contributed by atoms with van der Waals surface area (Å²) in [6.45, 7) is 0.382. The van der Waals surface area contributed by atoms with Crippen LogP contribution in [0.25, 0.3) is 11.3 Å². The first kappa shape index (κ1) is 11.5. The smallest absolute Gasteiger partial charge is 0.161 e. The van der Waals surface area contributed by atoms with E-state index < -0.39 is 0 Å². The number of ether oxygens (including phenoxy) is 2. The van der Waals surface area contributed by atoms with Gasteiger partial charge in [0.1, 0.15) is 12.0 Å². The average Bonchev–Trinajstić information content (AvgIpc) is 2.86. The summed E-state index contributed by atoms with van der Waals surface area (Å²) in [6.07, 6.45) is 1.55. The van der Waals surface area contributed by atoms with E-state index in [9.17, 15) is 0 Å². The van der Waals surface area contributed by atoms with Crippen molar-refractivity contribution in [2.24, 2.45) is 5.73 Å². The average molecular weight is 234 g/mol. The third kappa shape index (κ3) is 2.09.